The average molecular weight is 298 g/mol. The predicted molar refractivity (Wildman–Crippen MR) is 75.8 cm³/mol. The van der Waals surface area contributed by atoms with Crippen molar-refractivity contribution in [2.75, 3.05) is 18.5 Å². The normalized spacial score (nSPS) is 18.8. The first-order chi connectivity index (χ1) is 9.58. The Kier molecular flexibility index (Phi) is 5.08. The maximum atomic E-state index is 11.4. The van der Waals surface area contributed by atoms with E-state index < -0.39 is 5.97 Å². The van der Waals surface area contributed by atoms with E-state index in [0.29, 0.717) is 11.7 Å². The molecule has 1 atom stereocenters. The zero-order valence-electron chi connectivity index (χ0n) is 11.3. The van der Waals surface area contributed by atoms with E-state index in [0.717, 1.165) is 37.2 Å². The Morgan fingerprint density at radius 1 is 1.50 bits per heavy atom. The third-order valence-electron chi connectivity index (χ3n) is 3.17. The molecule has 0 amide bonds. The minimum absolute atomic E-state index is 0.168. The summed E-state index contributed by atoms with van der Waals surface area (Å²) >= 11 is 1.09. The molecule has 1 fully saturated rings. The van der Waals surface area contributed by atoms with Crippen molar-refractivity contribution in [3.05, 3.63) is 10.6 Å². The molecule has 0 aromatic carbocycles. The van der Waals surface area contributed by atoms with E-state index in [1.807, 2.05) is 0 Å². The molecule has 2 heterocycles. The van der Waals surface area contributed by atoms with Gasteiger partial charge in [-0.1, -0.05) is 11.3 Å². The van der Waals surface area contributed by atoms with E-state index in [1.54, 1.807) is 0 Å². The number of carbonyl (C=O) groups excluding carboxylic acids is 1. The number of hydrogen-bond donors (Lipinski definition) is 2. The predicted octanol–water partition coefficient (Wildman–Crippen LogP) is 2.42. The Bertz CT molecular complexity index is 463. The minimum Gasteiger partial charge on any atom is -0.476 e. The third kappa shape index (κ3) is 3.77. The Labute approximate surface area is 121 Å². The number of rotatable bonds is 6. The zero-order valence-corrected chi connectivity index (χ0v) is 12.2. The molecule has 1 aliphatic rings. The number of carboxylic acids is 1. The number of carbonyl (C=O) groups is 2. The van der Waals surface area contributed by atoms with Gasteiger partial charge in [-0.15, -0.1) is 0 Å². The summed E-state index contributed by atoms with van der Waals surface area (Å²) in [6, 6.07) is 0. The van der Waals surface area contributed by atoms with Crippen LogP contribution in [-0.4, -0.2) is 41.1 Å². The van der Waals surface area contributed by atoms with Gasteiger partial charge >= 0.3 is 5.97 Å². The summed E-state index contributed by atoms with van der Waals surface area (Å²) in [4.78, 5) is 26.5. The molecule has 1 aromatic heterocycles. The molecule has 110 valence electrons. The molecule has 0 aliphatic carbocycles. The lowest BCUT2D eigenvalue weighted by molar-refractivity contribution is 0.0134. The molecular weight excluding hydrogens is 280 g/mol. The first kappa shape index (κ1) is 14.9. The number of ether oxygens (including phenoxy) is 1. The van der Waals surface area contributed by atoms with Crippen LogP contribution in [-0.2, 0) is 4.74 Å². The molecule has 0 saturated carbocycles. The Hall–Kier alpha value is -1.47. The van der Waals surface area contributed by atoms with E-state index in [4.69, 9.17) is 9.84 Å². The summed E-state index contributed by atoms with van der Waals surface area (Å²) < 4.78 is 5.62. The Balaban J connectivity index is 1.90. The molecule has 2 N–H and O–H groups in total. The summed E-state index contributed by atoms with van der Waals surface area (Å²) in [6.07, 6.45) is 4.51. The van der Waals surface area contributed by atoms with Crippen molar-refractivity contribution in [1.82, 2.24) is 4.98 Å². The molecule has 2 rings (SSSR count). The summed E-state index contributed by atoms with van der Waals surface area (Å²) in [6.45, 7) is 2.83. The minimum atomic E-state index is -1.17. The van der Waals surface area contributed by atoms with Crippen molar-refractivity contribution < 1.29 is 19.4 Å². The van der Waals surface area contributed by atoms with E-state index >= 15 is 0 Å². The van der Waals surface area contributed by atoms with Crippen molar-refractivity contribution >= 4 is 28.2 Å². The molecule has 0 spiro atoms. The van der Waals surface area contributed by atoms with Crippen molar-refractivity contribution in [2.24, 2.45) is 0 Å². The van der Waals surface area contributed by atoms with Crippen LogP contribution < -0.4 is 5.32 Å². The van der Waals surface area contributed by atoms with Crippen LogP contribution >= 0.6 is 11.3 Å². The molecule has 0 radical (unpaired) electrons. The molecule has 1 unspecified atom stereocenters. The smallest absolute Gasteiger partial charge is 0.356 e. The van der Waals surface area contributed by atoms with Crippen LogP contribution in [0.4, 0.5) is 5.13 Å². The number of ketones is 1. The summed E-state index contributed by atoms with van der Waals surface area (Å²) in [7, 11) is 0. The molecule has 6 nitrogen and oxygen atoms in total. The van der Waals surface area contributed by atoms with Gasteiger partial charge in [0.2, 0.25) is 0 Å². The van der Waals surface area contributed by atoms with Gasteiger partial charge in [-0.25, -0.2) is 9.78 Å². The number of anilines is 1. The largest absolute Gasteiger partial charge is 0.476 e. The molecule has 1 aliphatic heterocycles. The van der Waals surface area contributed by atoms with Gasteiger partial charge in [-0.3, -0.25) is 4.79 Å². The molecule has 7 heteroatoms. The highest BCUT2D eigenvalue weighted by atomic mass is 32.1. The van der Waals surface area contributed by atoms with Crippen LogP contribution in [0.1, 0.15) is 52.8 Å². The lowest BCUT2D eigenvalue weighted by Gasteiger charge is -2.22. The molecule has 1 saturated heterocycles. The van der Waals surface area contributed by atoms with E-state index in [2.05, 4.69) is 10.3 Å². The van der Waals surface area contributed by atoms with Gasteiger partial charge in [0, 0.05) is 20.1 Å². The highest BCUT2D eigenvalue weighted by Gasteiger charge is 2.20. The topological polar surface area (TPSA) is 88.5 Å². The highest BCUT2D eigenvalue weighted by molar-refractivity contribution is 7.17. The SMILES string of the molecule is CC(=O)c1sc(NCCC2CCCCO2)nc1C(=O)O. The molecule has 0 bridgehead atoms. The number of aromatic nitrogens is 1. The second-order valence-electron chi connectivity index (χ2n) is 4.76. The van der Waals surface area contributed by atoms with Crippen LogP contribution in [0.15, 0.2) is 0 Å². The van der Waals surface area contributed by atoms with Crippen LogP contribution in [0.5, 0.6) is 0 Å². The van der Waals surface area contributed by atoms with Gasteiger partial charge in [0.15, 0.2) is 16.6 Å². The van der Waals surface area contributed by atoms with E-state index in [9.17, 15) is 9.59 Å². The number of hydrogen-bond acceptors (Lipinski definition) is 6. The monoisotopic (exact) mass is 298 g/mol. The van der Waals surface area contributed by atoms with Gasteiger partial charge in [0.1, 0.15) is 4.88 Å². The quantitative estimate of drug-likeness (QED) is 0.784. The first-order valence-corrected chi connectivity index (χ1v) is 7.50. The van der Waals surface area contributed by atoms with Crippen LogP contribution in [0.25, 0.3) is 0 Å². The van der Waals surface area contributed by atoms with Gasteiger partial charge in [-0.2, -0.15) is 0 Å². The maximum absolute atomic E-state index is 11.4. The fourth-order valence-electron chi connectivity index (χ4n) is 2.15. The maximum Gasteiger partial charge on any atom is 0.356 e. The van der Waals surface area contributed by atoms with E-state index in [1.165, 1.54) is 13.3 Å². The van der Waals surface area contributed by atoms with E-state index in [-0.39, 0.29) is 22.5 Å². The summed E-state index contributed by atoms with van der Waals surface area (Å²) in [5.41, 5.74) is -0.168. The van der Waals surface area contributed by atoms with Crippen LogP contribution in [0.3, 0.4) is 0 Å². The Morgan fingerprint density at radius 3 is 2.85 bits per heavy atom. The number of carboxylic acid groups (broad SMARTS) is 1. The fourth-order valence-corrected chi connectivity index (χ4v) is 3.03. The summed E-state index contributed by atoms with van der Waals surface area (Å²) in [5, 5.41) is 12.6. The summed E-state index contributed by atoms with van der Waals surface area (Å²) in [5.74, 6) is -1.45. The number of thiazole rings is 1. The number of aromatic carboxylic acids is 1. The first-order valence-electron chi connectivity index (χ1n) is 6.68. The van der Waals surface area contributed by atoms with Gasteiger partial charge < -0.3 is 15.2 Å². The fraction of sp³-hybridized carbons (Fsp3) is 0.615. The van der Waals surface area contributed by atoms with Crippen molar-refractivity contribution in [2.45, 2.75) is 38.7 Å². The molecule has 1 aromatic rings. The van der Waals surface area contributed by atoms with Crippen LogP contribution in [0.2, 0.25) is 0 Å². The lowest BCUT2D eigenvalue weighted by Crippen LogP contribution is -2.21. The lowest BCUT2D eigenvalue weighted by atomic mass is 10.1. The number of nitrogens with zero attached hydrogens (tertiary/aromatic N) is 1. The van der Waals surface area contributed by atoms with Gasteiger partial charge in [0.25, 0.3) is 0 Å². The highest BCUT2D eigenvalue weighted by Crippen LogP contribution is 2.24. The Morgan fingerprint density at radius 2 is 2.30 bits per heavy atom. The average Bonchev–Trinajstić information content (AvgIpc) is 2.85. The number of nitrogens with one attached hydrogen (secondary N) is 1. The van der Waals surface area contributed by atoms with Crippen LogP contribution in [0, 0.1) is 0 Å². The second-order valence-corrected chi connectivity index (χ2v) is 5.76. The second kappa shape index (κ2) is 6.81. The molecular formula is C13H18N2O4S. The zero-order chi connectivity index (χ0) is 14.5. The standard InChI is InChI=1S/C13H18N2O4S/c1-8(16)11-10(12(17)18)15-13(20-11)14-6-5-9-4-2-3-7-19-9/h9H,2-7H2,1H3,(H,14,15)(H,17,18). The van der Waals surface area contributed by atoms with Gasteiger partial charge in [0.05, 0.1) is 6.10 Å². The molecule has 20 heavy (non-hydrogen) atoms. The third-order valence-corrected chi connectivity index (χ3v) is 4.28. The number of Topliss-reactive ketones (excluding diaryl/α,β-unsaturated/α-hetero) is 1. The van der Waals surface area contributed by atoms with Crippen molar-refractivity contribution in [3.8, 4) is 0 Å². The van der Waals surface area contributed by atoms with Gasteiger partial charge in [-0.05, 0) is 25.7 Å². The van der Waals surface area contributed by atoms with Crippen molar-refractivity contribution in [1.29, 1.82) is 0 Å². The van der Waals surface area contributed by atoms with Crippen molar-refractivity contribution in [3.63, 3.8) is 0 Å².